The van der Waals surface area contributed by atoms with E-state index in [2.05, 4.69) is 22.4 Å². The van der Waals surface area contributed by atoms with E-state index in [-0.39, 0.29) is 5.60 Å². The van der Waals surface area contributed by atoms with Crippen LogP contribution in [0, 0.1) is 0 Å². The molecule has 1 aliphatic rings. The van der Waals surface area contributed by atoms with E-state index in [0.29, 0.717) is 6.54 Å². The Balaban J connectivity index is 1.93. The fraction of sp³-hybridized carbons (Fsp3) is 0.562. The molecule has 110 valence electrons. The normalized spacial score (nSPS) is 17.4. The first-order valence-corrected chi connectivity index (χ1v) is 7.20. The number of aliphatic imine (C=N–C) groups is 1. The van der Waals surface area contributed by atoms with Crippen LogP contribution in [0.15, 0.2) is 35.3 Å². The van der Waals surface area contributed by atoms with Gasteiger partial charge in [0.05, 0.1) is 12.1 Å². The fourth-order valence-corrected chi connectivity index (χ4v) is 2.37. The van der Waals surface area contributed by atoms with Gasteiger partial charge in [0.1, 0.15) is 0 Å². The average molecular weight is 275 g/mol. The van der Waals surface area contributed by atoms with E-state index in [9.17, 15) is 0 Å². The maximum Gasteiger partial charge on any atom is 0.193 e. The monoisotopic (exact) mass is 275 g/mol. The molecule has 0 aromatic heterocycles. The summed E-state index contributed by atoms with van der Waals surface area (Å²) in [7, 11) is 5.82. The highest BCUT2D eigenvalue weighted by atomic mass is 16.5. The molecule has 0 radical (unpaired) electrons. The van der Waals surface area contributed by atoms with Crippen molar-refractivity contribution in [2.75, 3.05) is 27.7 Å². The summed E-state index contributed by atoms with van der Waals surface area (Å²) in [4.78, 5) is 6.68. The molecular formula is C16H25N3O. The maximum absolute atomic E-state index is 5.63. The lowest BCUT2D eigenvalue weighted by Gasteiger charge is -2.41. The van der Waals surface area contributed by atoms with Gasteiger partial charge in [-0.3, -0.25) is 0 Å². The maximum atomic E-state index is 5.63. The van der Waals surface area contributed by atoms with Crippen molar-refractivity contribution in [3.63, 3.8) is 0 Å². The van der Waals surface area contributed by atoms with Crippen molar-refractivity contribution in [2.45, 2.75) is 31.4 Å². The van der Waals surface area contributed by atoms with Gasteiger partial charge in [0.25, 0.3) is 0 Å². The zero-order valence-corrected chi connectivity index (χ0v) is 12.7. The third-order valence-corrected chi connectivity index (χ3v) is 3.94. The lowest BCUT2D eigenvalue weighted by molar-refractivity contribution is -0.0668. The Morgan fingerprint density at radius 1 is 1.30 bits per heavy atom. The molecule has 1 saturated carbocycles. The highest BCUT2D eigenvalue weighted by Gasteiger charge is 2.37. The summed E-state index contributed by atoms with van der Waals surface area (Å²) in [5.41, 5.74) is 1.24. The van der Waals surface area contributed by atoms with E-state index >= 15 is 0 Å². The number of nitrogens with zero attached hydrogens (tertiary/aromatic N) is 2. The molecule has 1 aliphatic carbocycles. The Hall–Kier alpha value is -1.55. The van der Waals surface area contributed by atoms with Crippen LogP contribution < -0.4 is 5.32 Å². The van der Waals surface area contributed by atoms with E-state index in [1.165, 1.54) is 12.0 Å². The van der Waals surface area contributed by atoms with Crippen LogP contribution >= 0.6 is 0 Å². The highest BCUT2D eigenvalue weighted by molar-refractivity contribution is 5.79. The van der Waals surface area contributed by atoms with Crippen molar-refractivity contribution in [2.24, 2.45) is 4.99 Å². The number of benzene rings is 1. The molecule has 1 fully saturated rings. The smallest absolute Gasteiger partial charge is 0.193 e. The van der Waals surface area contributed by atoms with Crippen LogP contribution in [0.3, 0.4) is 0 Å². The highest BCUT2D eigenvalue weighted by Crippen LogP contribution is 2.34. The summed E-state index contributed by atoms with van der Waals surface area (Å²) in [6, 6.07) is 10.3. The largest absolute Gasteiger partial charge is 0.376 e. The first kappa shape index (κ1) is 14.9. The van der Waals surface area contributed by atoms with Gasteiger partial charge < -0.3 is 15.0 Å². The van der Waals surface area contributed by atoms with Crippen LogP contribution in [-0.4, -0.2) is 44.2 Å². The van der Waals surface area contributed by atoms with Gasteiger partial charge in [-0.1, -0.05) is 30.3 Å². The molecule has 20 heavy (non-hydrogen) atoms. The molecular weight excluding hydrogens is 250 g/mol. The Kier molecular flexibility index (Phi) is 5.01. The van der Waals surface area contributed by atoms with Crippen LogP contribution in [0.1, 0.15) is 24.8 Å². The van der Waals surface area contributed by atoms with E-state index in [1.54, 1.807) is 7.11 Å². The van der Waals surface area contributed by atoms with Gasteiger partial charge in [0.15, 0.2) is 5.96 Å². The number of guanidine groups is 1. The van der Waals surface area contributed by atoms with E-state index in [1.807, 2.05) is 37.2 Å². The third kappa shape index (κ3) is 3.73. The van der Waals surface area contributed by atoms with E-state index < -0.39 is 0 Å². The first-order chi connectivity index (χ1) is 9.65. The van der Waals surface area contributed by atoms with Gasteiger partial charge >= 0.3 is 0 Å². The number of ether oxygens (including phenoxy) is 1. The Labute approximate surface area is 121 Å². The SMILES string of the molecule is COC1(CNC(=NCc2ccccc2)N(C)C)CCC1. The third-order valence-electron chi connectivity index (χ3n) is 3.94. The number of rotatable bonds is 5. The minimum atomic E-state index is 0.0174. The van der Waals surface area contributed by atoms with Crippen molar-refractivity contribution < 1.29 is 4.74 Å². The molecule has 0 amide bonds. The number of hydrogen-bond acceptors (Lipinski definition) is 2. The molecule has 1 aromatic carbocycles. The van der Waals surface area contributed by atoms with Crippen molar-refractivity contribution in [3.8, 4) is 0 Å². The second-order valence-electron chi connectivity index (χ2n) is 5.61. The predicted octanol–water partition coefficient (Wildman–Crippen LogP) is 2.26. The number of nitrogens with one attached hydrogen (secondary N) is 1. The van der Waals surface area contributed by atoms with E-state index in [4.69, 9.17) is 4.74 Å². The topological polar surface area (TPSA) is 36.9 Å². The molecule has 0 spiro atoms. The summed E-state index contributed by atoms with van der Waals surface area (Å²) in [5, 5.41) is 3.43. The van der Waals surface area contributed by atoms with Crippen LogP contribution in [-0.2, 0) is 11.3 Å². The quantitative estimate of drug-likeness (QED) is 0.661. The Bertz CT molecular complexity index is 433. The van der Waals surface area contributed by atoms with Gasteiger partial charge in [-0.25, -0.2) is 4.99 Å². The summed E-state index contributed by atoms with van der Waals surface area (Å²) in [6.45, 7) is 1.52. The standard InChI is InChI=1S/C16H25N3O/c1-19(2)15(17-12-14-8-5-4-6-9-14)18-13-16(20-3)10-7-11-16/h4-6,8-9H,7,10-13H2,1-3H3,(H,17,18). The second-order valence-corrected chi connectivity index (χ2v) is 5.61. The molecule has 2 rings (SSSR count). The lowest BCUT2D eigenvalue weighted by Crippen LogP contribution is -2.51. The summed E-state index contributed by atoms with van der Waals surface area (Å²) >= 11 is 0. The van der Waals surface area contributed by atoms with Gasteiger partial charge in [-0.05, 0) is 24.8 Å². The van der Waals surface area contributed by atoms with Gasteiger partial charge in [0.2, 0.25) is 0 Å². The minimum absolute atomic E-state index is 0.0174. The number of hydrogen-bond donors (Lipinski definition) is 1. The molecule has 0 heterocycles. The van der Waals surface area contributed by atoms with Gasteiger partial charge in [0, 0.05) is 27.7 Å². The van der Waals surface area contributed by atoms with Crippen molar-refractivity contribution in [3.05, 3.63) is 35.9 Å². The van der Waals surface area contributed by atoms with E-state index in [0.717, 1.165) is 25.3 Å². The van der Waals surface area contributed by atoms with Crippen molar-refractivity contribution in [1.82, 2.24) is 10.2 Å². The van der Waals surface area contributed by atoms with Crippen molar-refractivity contribution in [1.29, 1.82) is 0 Å². The molecule has 0 aliphatic heterocycles. The predicted molar refractivity (Wildman–Crippen MR) is 82.9 cm³/mol. The Morgan fingerprint density at radius 2 is 2.00 bits per heavy atom. The van der Waals surface area contributed by atoms with Crippen LogP contribution in [0.5, 0.6) is 0 Å². The molecule has 0 atom stereocenters. The second kappa shape index (κ2) is 6.75. The van der Waals surface area contributed by atoms with Crippen LogP contribution in [0.25, 0.3) is 0 Å². The van der Waals surface area contributed by atoms with Gasteiger partial charge in [-0.15, -0.1) is 0 Å². The fourth-order valence-electron chi connectivity index (χ4n) is 2.37. The average Bonchev–Trinajstić information content (AvgIpc) is 2.42. The molecule has 0 bridgehead atoms. The Morgan fingerprint density at radius 3 is 2.50 bits per heavy atom. The van der Waals surface area contributed by atoms with Crippen LogP contribution in [0.2, 0.25) is 0 Å². The molecule has 4 nitrogen and oxygen atoms in total. The first-order valence-electron chi connectivity index (χ1n) is 7.20. The zero-order valence-electron chi connectivity index (χ0n) is 12.7. The lowest BCUT2D eigenvalue weighted by atomic mass is 9.80. The molecule has 0 unspecified atom stereocenters. The summed E-state index contributed by atoms with van der Waals surface area (Å²) < 4.78 is 5.63. The summed E-state index contributed by atoms with van der Waals surface area (Å²) in [6.07, 6.45) is 3.53. The van der Waals surface area contributed by atoms with Crippen LogP contribution in [0.4, 0.5) is 0 Å². The molecule has 4 heteroatoms. The molecule has 0 saturated heterocycles. The zero-order chi connectivity index (χ0) is 14.4. The van der Waals surface area contributed by atoms with Crippen molar-refractivity contribution >= 4 is 5.96 Å². The minimum Gasteiger partial charge on any atom is -0.376 e. The number of methoxy groups -OCH3 is 1. The molecule has 1 aromatic rings. The molecule has 1 N–H and O–H groups in total. The summed E-state index contributed by atoms with van der Waals surface area (Å²) in [5.74, 6) is 0.914. The van der Waals surface area contributed by atoms with Gasteiger partial charge in [-0.2, -0.15) is 0 Å².